The van der Waals surface area contributed by atoms with Crippen molar-refractivity contribution in [2.75, 3.05) is 56.3 Å². The molecule has 1 amide bonds. The minimum absolute atomic E-state index is 0.137. The summed E-state index contributed by atoms with van der Waals surface area (Å²) in [6.07, 6.45) is 1.17. The molecule has 1 aliphatic heterocycles. The normalized spacial score (nSPS) is 14.3. The third kappa shape index (κ3) is 5.03. The third-order valence-electron chi connectivity index (χ3n) is 6.03. The van der Waals surface area contributed by atoms with Gasteiger partial charge in [0.15, 0.2) is 9.84 Å². The van der Waals surface area contributed by atoms with Crippen molar-refractivity contribution in [2.24, 2.45) is 0 Å². The van der Waals surface area contributed by atoms with E-state index >= 15 is 0 Å². The van der Waals surface area contributed by atoms with Crippen LogP contribution >= 0.6 is 0 Å². The first-order valence-electron chi connectivity index (χ1n) is 11.0. The van der Waals surface area contributed by atoms with Crippen LogP contribution in [0, 0.1) is 0 Å². The monoisotopic (exact) mass is 463 g/mol. The molecule has 0 aliphatic carbocycles. The number of rotatable bonds is 5. The molecule has 1 heterocycles. The van der Waals surface area contributed by atoms with Gasteiger partial charge in [-0.25, -0.2) is 8.42 Å². The van der Waals surface area contributed by atoms with E-state index in [0.717, 1.165) is 35.6 Å². The number of sulfone groups is 1. The molecule has 0 radical (unpaired) electrons. The van der Waals surface area contributed by atoms with E-state index in [-0.39, 0.29) is 10.8 Å². The molecule has 0 bridgehead atoms. The number of carbonyl (C=O) groups is 1. The second kappa shape index (κ2) is 9.27. The number of anilines is 2. The van der Waals surface area contributed by atoms with Gasteiger partial charge >= 0.3 is 0 Å². The lowest BCUT2D eigenvalue weighted by Gasteiger charge is -2.36. The Kier molecular flexibility index (Phi) is 6.42. The summed E-state index contributed by atoms with van der Waals surface area (Å²) in [5.41, 5.74) is 4.34. The molecule has 0 unspecified atom stereocenters. The molecule has 4 rings (SSSR count). The molecule has 0 N–H and O–H groups in total. The Balaban J connectivity index is 1.57. The summed E-state index contributed by atoms with van der Waals surface area (Å²) in [7, 11) is 0.606. The molecule has 3 aromatic carbocycles. The van der Waals surface area contributed by atoms with Gasteiger partial charge in [-0.3, -0.25) is 4.79 Å². The quantitative estimate of drug-likeness (QED) is 0.576. The number of carbonyl (C=O) groups excluding carboxylic acids is 1. The molecule has 0 atom stereocenters. The van der Waals surface area contributed by atoms with Crippen LogP contribution in [-0.2, 0) is 9.84 Å². The van der Waals surface area contributed by atoms with E-state index in [1.54, 1.807) is 12.1 Å². The van der Waals surface area contributed by atoms with Crippen LogP contribution < -0.4 is 9.80 Å². The molecule has 1 aliphatic rings. The molecule has 7 heteroatoms. The van der Waals surface area contributed by atoms with Crippen molar-refractivity contribution in [1.29, 1.82) is 0 Å². The number of nitrogens with zero attached hydrogens (tertiary/aromatic N) is 3. The van der Waals surface area contributed by atoms with Gasteiger partial charge in [-0.15, -0.1) is 0 Å². The van der Waals surface area contributed by atoms with Crippen molar-refractivity contribution in [2.45, 2.75) is 4.90 Å². The van der Waals surface area contributed by atoms with E-state index in [1.165, 1.54) is 12.3 Å². The minimum Gasteiger partial charge on any atom is -0.378 e. The van der Waals surface area contributed by atoms with Crippen LogP contribution in [0.3, 0.4) is 0 Å². The highest BCUT2D eigenvalue weighted by Crippen LogP contribution is 2.28. The second-order valence-electron chi connectivity index (χ2n) is 8.54. The van der Waals surface area contributed by atoms with Crippen molar-refractivity contribution in [1.82, 2.24) is 4.90 Å². The maximum Gasteiger partial charge on any atom is 0.254 e. The average Bonchev–Trinajstić information content (AvgIpc) is 2.83. The largest absolute Gasteiger partial charge is 0.378 e. The first kappa shape index (κ1) is 22.9. The molecule has 33 heavy (non-hydrogen) atoms. The predicted octanol–water partition coefficient (Wildman–Crippen LogP) is 3.79. The Labute approximate surface area is 196 Å². The molecular weight excluding hydrogens is 434 g/mol. The summed E-state index contributed by atoms with van der Waals surface area (Å²) in [5, 5.41) is 0. The highest BCUT2D eigenvalue weighted by molar-refractivity contribution is 7.90. The molecule has 172 valence electrons. The number of piperazine rings is 1. The van der Waals surface area contributed by atoms with Gasteiger partial charge in [0.05, 0.1) is 4.90 Å². The minimum atomic E-state index is -3.43. The van der Waals surface area contributed by atoms with E-state index in [9.17, 15) is 13.2 Å². The fourth-order valence-corrected chi connectivity index (χ4v) is 4.75. The Hall–Kier alpha value is -3.32. The predicted molar refractivity (Wildman–Crippen MR) is 134 cm³/mol. The van der Waals surface area contributed by atoms with Crippen molar-refractivity contribution in [3.63, 3.8) is 0 Å². The molecule has 1 saturated heterocycles. The summed E-state index contributed by atoms with van der Waals surface area (Å²) in [6, 6.07) is 22.8. The average molecular weight is 464 g/mol. The van der Waals surface area contributed by atoms with E-state index in [2.05, 4.69) is 34.1 Å². The van der Waals surface area contributed by atoms with Crippen molar-refractivity contribution in [3.05, 3.63) is 78.4 Å². The fourth-order valence-electron chi connectivity index (χ4n) is 4.10. The van der Waals surface area contributed by atoms with Gasteiger partial charge in [-0.1, -0.05) is 36.4 Å². The molecule has 0 aromatic heterocycles. The van der Waals surface area contributed by atoms with Gasteiger partial charge in [0.2, 0.25) is 0 Å². The van der Waals surface area contributed by atoms with E-state index in [1.807, 2.05) is 49.3 Å². The Morgan fingerprint density at radius 2 is 1.48 bits per heavy atom. The van der Waals surface area contributed by atoms with E-state index < -0.39 is 9.84 Å². The summed E-state index contributed by atoms with van der Waals surface area (Å²) in [5.74, 6) is -0.137. The Morgan fingerprint density at radius 3 is 2.06 bits per heavy atom. The van der Waals surface area contributed by atoms with Gasteiger partial charge in [0.25, 0.3) is 5.91 Å². The first-order chi connectivity index (χ1) is 15.7. The molecular formula is C26H29N3O3S. The van der Waals surface area contributed by atoms with Gasteiger partial charge in [-0.2, -0.15) is 0 Å². The summed E-state index contributed by atoms with van der Waals surface area (Å²) in [6.45, 7) is 2.59. The lowest BCUT2D eigenvalue weighted by Crippen LogP contribution is -2.48. The lowest BCUT2D eigenvalue weighted by atomic mass is 9.98. The Bertz CT molecular complexity index is 1230. The van der Waals surface area contributed by atoms with Crippen molar-refractivity contribution < 1.29 is 13.2 Å². The Morgan fingerprint density at radius 1 is 0.848 bits per heavy atom. The SMILES string of the molecule is CN(C)c1ccc(N2CCN(C(=O)c3cc(S(C)(=O)=O)ccc3-c3ccccc3)CC2)cc1. The fraction of sp³-hybridized carbons (Fsp3) is 0.269. The van der Waals surface area contributed by atoms with Gasteiger partial charge in [0, 0.05) is 63.5 Å². The smallest absolute Gasteiger partial charge is 0.254 e. The summed E-state index contributed by atoms with van der Waals surface area (Å²) >= 11 is 0. The number of hydrogen-bond acceptors (Lipinski definition) is 5. The standard InChI is InChI=1S/C26H29N3O3S/c1-27(2)21-9-11-22(12-10-21)28-15-17-29(18-16-28)26(30)25-19-23(33(3,31)32)13-14-24(25)20-7-5-4-6-8-20/h4-14,19H,15-18H2,1-3H3. The van der Waals surface area contributed by atoms with Crippen LogP contribution in [-0.4, -0.2) is 65.8 Å². The van der Waals surface area contributed by atoms with Crippen LogP contribution in [0.2, 0.25) is 0 Å². The van der Waals surface area contributed by atoms with Crippen LogP contribution in [0.1, 0.15) is 10.4 Å². The van der Waals surface area contributed by atoms with Crippen LogP contribution in [0.15, 0.2) is 77.7 Å². The summed E-state index contributed by atoms with van der Waals surface area (Å²) in [4.78, 5) is 19.9. The second-order valence-corrected chi connectivity index (χ2v) is 10.6. The number of amides is 1. The van der Waals surface area contributed by atoms with Crippen molar-refractivity contribution in [3.8, 4) is 11.1 Å². The van der Waals surface area contributed by atoms with E-state index in [0.29, 0.717) is 18.7 Å². The highest BCUT2D eigenvalue weighted by atomic mass is 32.2. The first-order valence-corrected chi connectivity index (χ1v) is 12.8. The van der Waals surface area contributed by atoms with Gasteiger partial charge < -0.3 is 14.7 Å². The maximum atomic E-state index is 13.5. The van der Waals surface area contributed by atoms with Gasteiger partial charge in [-0.05, 0) is 47.5 Å². The van der Waals surface area contributed by atoms with Crippen molar-refractivity contribution >= 4 is 27.1 Å². The topological polar surface area (TPSA) is 60.9 Å². The molecule has 3 aromatic rings. The number of hydrogen-bond donors (Lipinski definition) is 0. The van der Waals surface area contributed by atoms with Crippen LogP contribution in [0.25, 0.3) is 11.1 Å². The molecule has 6 nitrogen and oxygen atoms in total. The number of benzene rings is 3. The van der Waals surface area contributed by atoms with E-state index in [4.69, 9.17) is 0 Å². The molecule has 1 fully saturated rings. The third-order valence-corrected chi connectivity index (χ3v) is 7.14. The molecule has 0 spiro atoms. The zero-order valence-corrected chi connectivity index (χ0v) is 20.0. The zero-order valence-electron chi connectivity index (χ0n) is 19.2. The maximum absolute atomic E-state index is 13.5. The lowest BCUT2D eigenvalue weighted by molar-refractivity contribution is 0.0747. The molecule has 0 saturated carbocycles. The summed E-state index contributed by atoms with van der Waals surface area (Å²) < 4.78 is 24.3. The zero-order chi connectivity index (χ0) is 23.6. The van der Waals surface area contributed by atoms with Crippen LogP contribution in [0.5, 0.6) is 0 Å². The highest BCUT2D eigenvalue weighted by Gasteiger charge is 2.25. The van der Waals surface area contributed by atoms with Crippen LogP contribution in [0.4, 0.5) is 11.4 Å². The van der Waals surface area contributed by atoms with Gasteiger partial charge in [0.1, 0.15) is 0 Å².